The van der Waals surface area contributed by atoms with Crippen molar-refractivity contribution in [3.8, 4) is 0 Å². The summed E-state index contributed by atoms with van der Waals surface area (Å²) in [7, 11) is 4.06. The Bertz CT molecular complexity index is 153. The van der Waals surface area contributed by atoms with E-state index in [9.17, 15) is 4.79 Å². The van der Waals surface area contributed by atoms with E-state index >= 15 is 0 Å². The van der Waals surface area contributed by atoms with Gasteiger partial charge in [0.05, 0.1) is 0 Å². The second kappa shape index (κ2) is 4.45. The molecule has 12 heavy (non-hydrogen) atoms. The molecular formula is C9H20N2O. The van der Waals surface area contributed by atoms with E-state index in [1.807, 2.05) is 14.1 Å². The van der Waals surface area contributed by atoms with Gasteiger partial charge in [-0.1, -0.05) is 13.8 Å². The summed E-state index contributed by atoms with van der Waals surface area (Å²) in [6.07, 6.45) is 1.48. The van der Waals surface area contributed by atoms with Gasteiger partial charge in [-0.15, -0.1) is 0 Å². The van der Waals surface area contributed by atoms with Gasteiger partial charge in [0, 0.05) is 6.42 Å². The molecule has 0 atom stereocenters. The first-order chi connectivity index (χ1) is 5.33. The molecule has 0 spiro atoms. The monoisotopic (exact) mass is 172 g/mol. The van der Waals surface area contributed by atoms with Crippen LogP contribution < -0.4 is 5.73 Å². The van der Waals surface area contributed by atoms with Gasteiger partial charge in [-0.2, -0.15) is 0 Å². The SMILES string of the molecule is CN(C)CCC(C)(C)CC(N)=O. The van der Waals surface area contributed by atoms with Crippen molar-refractivity contribution in [2.75, 3.05) is 20.6 Å². The first kappa shape index (κ1) is 11.4. The van der Waals surface area contributed by atoms with E-state index in [0.717, 1.165) is 13.0 Å². The predicted molar refractivity (Wildman–Crippen MR) is 50.8 cm³/mol. The van der Waals surface area contributed by atoms with Crippen molar-refractivity contribution < 1.29 is 4.79 Å². The van der Waals surface area contributed by atoms with Crippen LogP contribution in [0.4, 0.5) is 0 Å². The van der Waals surface area contributed by atoms with E-state index in [-0.39, 0.29) is 11.3 Å². The Morgan fingerprint density at radius 3 is 2.25 bits per heavy atom. The van der Waals surface area contributed by atoms with Gasteiger partial charge in [0.2, 0.25) is 5.91 Å². The minimum Gasteiger partial charge on any atom is -0.370 e. The third-order valence-electron chi connectivity index (χ3n) is 1.89. The lowest BCUT2D eigenvalue weighted by molar-refractivity contribution is -0.120. The van der Waals surface area contributed by atoms with Gasteiger partial charge in [-0.05, 0) is 32.5 Å². The summed E-state index contributed by atoms with van der Waals surface area (Å²) < 4.78 is 0. The summed E-state index contributed by atoms with van der Waals surface area (Å²) in [5.74, 6) is -0.209. The molecule has 1 amide bonds. The Hall–Kier alpha value is -0.570. The van der Waals surface area contributed by atoms with E-state index in [0.29, 0.717) is 6.42 Å². The number of amides is 1. The number of carbonyl (C=O) groups is 1. The van der Waals surface area contributed by atoms with Crippen molar-refractivity contribution in [1.82, 2.24) is 4.90 Å². The molecular weight excluding hydrogens is 152 g/mol. The molecule has 0 rings (SSSR count). The standard InChI is InChI=1S/C9H20N2O/c1-9(2,7-8(10)12)5-6-11(3)4/h5-7H2,1-4H3,(H2,10,12). The molecule has 72 valence electrons. The van der Waals surface area contributed by atoms with Crippen molar-refractivity contribution in [2.24, 2.45) is 11.1 Å². The highest BCUT2D eigenvalue weighted by Gasteiger charge is 2.20. The lowest BCUT2D eigenvalue weighted by Crippen LogP contribution is -2.26. The van der Waals surface area contributed by atoms with E-state index < -0.39 is 0 Å². The Balaban J connectivity index is 3.78. The summed E-state index contributed by atoms with van der Waals surface area (Å²) in [6.45, 7) is 5.14. The van der Waals surface area contributed by atoms with Gasteiger partial charge >= 0.3 is 0 Å². The van der Waals surface area contributed by atoms with E-state index in [1.165, 1.54) is 0 Å². The first-order valence-electron chi connectivity index (χ1n) is 4.26. The highest BCUT2D eigenvalue weighted by atomic mass is 16.1. The zero-order valence-corrected chi connectivity index (χ0v) is 8.55. The number of hydrogen-bond donors (Lipinski definition) is 1. The normalized spacial score (nSPS) is 12.1. The summed E-state index contributed by atoms with van der Waals surface area (Å²) in [6, 6.07) is 0. The van der Waals surface area contributed by atoms with E-state index in [2.05, 4.69) is 18.7 Å². The Morgan fingerprint density at radius 1 is 1.42 bits per heavy atom. The molecule has 0 aromatic carbocycles. The van der Waals surface area contributed by atoms with Gasteiger partial charge in [0.1, 0.15) is 0 Å². The van der Waals surface area contributed by atoms with Crippen LogP contribution in [0.3, 0.4) is 0 Å². The average molecular weight is 172 g/mol. The zero-order chi connectivity index (χ0) is 9.78. The lowest BCUT2D eigenvalue weighted by Gasteiger charge is -2.24. The molecule has 0 unspecified atom stereocenters. The van der Waals surface area contributed by atoms with Crippen molar-refractivity contribution >= 4 is 5.91 Å². The largest absolute Gasteiger partial charge is 0.370 e. The Labute approximate surface area is 74.9 Å². The molecule has 2 N–H and O–H groups in total. The van der Waals surface area contributed by atoms with Gasteiger partial charge in [0.15, 0.2) is 0 Å². The average Bonchev–Trinajstić information content (AvgIpc) is 1.81. The minimum absolute atomic E-state index is 0.0378. The Kier molecular flexibility index (Phi) is 4.24. The van der Waals surface area contributed by atoms with Crippen LogP contribution in [0.25, 0.3) is 0 Å². The second-order valence-corrected chi connectivity index (χ2v) is 4.36. The smallest absolute Gasteiger partial charge is 0.217 e. The lowest BCUT2D eigenvalue weighted by atomic mass is 9.85. The highest BCUT2D eigenvalue weighted by Crippen LogP contribution is 2.24. The fourth-order valence-corrected chi connectivity index (χ4v) is 1.09. The molecule has 3 nitrogen and oxygen atoms in total. The number of carbonyl (C=O) groups excluding carboxylic acids is 1. The third kappa shape index (κ3) is 6.16. The molecule has 0 fully saturated rings. The maximum atomic E-state index is 10.7. The summed E-state index contributed by atoms with van der Waals surface area (Å²) in [4.78, 5) is 12.8. The van der Waals surface area contributed by atoms with Gasteiger partial charge < -0.3 is 10.6 Å². The van der Waals surface area contributed by atoms with Crippen molar-refractivity contribution in [3.05, 3.63) is 0 Å². The molecule has 0 bridgehead atoms. The molecule has 0 saturated heterocycles. The summed E-state index contributed by atoms with van der Waals surface area (Å²) >= 11 is 0. The van der Waals surface area contributed by atoms with Crippen molar-refractivity contribution in [1.29, 1.82) is 0 Å². The highest BCUT2D eigenvalue weighted by molar-refractivity contribution is 5.74. The molecule has 0 radical (unpaired) electrons. The number of primary amides is 1. The fourth-order valence-electron chi connectivity index (χ4n) is 1.09. The predicted octanol–water partition coefficient (Wildman–Crippen LogP) is 0.840. The number of hydrogen-bond acceptors (Lipinski definition) is 2. The van der Waals surface area contributed by atoms with Gasteiger partial charge in [-0.25, -0.2) is 0 Å². The van der Waals surface area contributed by atoms with Crippen LogP contribution in [0.2, 0.25) is 0 Å². The Morgan fingerprint density at radius 2 is 1.92 bits per heavy atom. The van der Waals surface area contributed by atoms with Crippen LogP contribution in [0.5, 0.6) is 0 Å². The number of nitrogens with zero attached hydrogens (tertiary/aromatic N) is 1. The van der Waals surface area contributed by atoms with Gasteiger partial charge in [0.25, 0.3) is 0 Å². The van der Waals surface area contributed by atoms with E-state index in [4.69, 9.17) is 5.73 Å². The number of nitrogens with two attached hydrogens (primary N) is 1. The van der Waals surface area contributed by atoms with Crippen LogP contribution in [0.15, 0.2) is 0 Å². The van der Waals surface area contributed by atoms with Crippen LogP contribution >= 0.6 is 0 Å². The topological polar surface area (TPSA) is 46.3 Å². The molecule has 0 aromatic rings. The summed E-state index contributed by atoms with van der Waals surface area (Å²) in [5.41, 5.74) is 5.17. The van der Waals surface area contributed by atoms with Crippen LogP contribution in [0, 0.1) is 5.41 Å². The maximum Gasteiger partial charge on any atom is 0.217 e. The molecule has 0 aliphatic carbocycles. The first-order valence-corrected chi connectivity index (χ1v) is 4.26. The zero-order valence-electron chi connectivity index (χ0n) is 8.55. The third-order valence-corrected chi connectivity index (χ3v) is 1.89. The van der Waals surface area contributed by atoms with Crippen LogP contribution in [-0.4, -0.2) is 31.4 Å². The molecule has 0 aromatic heterocycles. The van der Waals surface area contributed by atoms with Crippen LogP contribution in [-0.2, 0) is 4.79 Å². The van der Waals surface area contributed by atoms with Crippen molar-refractivity contribution in [2.45, 2.75) is 26.7 Å². The molecule has 0 heterocycles. The van der Waals surface area contributed by atoms with Crippen LogP contribution in [0.1, 0.15) is 26.7 Å². The number of rotatable bonds is 5. The summed E-state index contributed by atoms with van der Waals surface area (Å²) in [5, 5.41) is 0. The molecule has 0 saturated carbocycles. The van der Waals surface area contributed by atoms with Gasteiger partial charge in [-0.3, -0.25) is 4.79 Å². The quantitative estimate of drug-likeness (QED) is 0.668. The molecule has 3 heteroatoms. The maximum absolute atomic E-state index is 10.7. The molecule has 0 aliphatic heterocycles. The molecule has 0 aliphatic rings. The van der Waals surface area contributed by atoms with E-state index in [1.54, 1.807) is 0 Å². The van der Waals surface area contributed by atoms with Crippen molar-refractivity contribution in [3.63, 3.8) is 0 Å². The fraction of sp³-hybridized carbons (Fsp3) is 0.889. The minimum atomic E-state index is -0.209. The second-order valence-electron chi connectivity index (χ2n) is 4.36.